The van der Waals surface area contributed by atoms with Gasteiger partial charge in [0, 0.05) is 28.9 Å². The molecule has 5 heteroatoms. The number of nitrogens with zero attached hydrogens (tertiary/aromatic N) is 1. The van der Waals surface area contributed by atoms with Crippen molar-refractivity contribution in [2.24, 2.45) is 0 Å². The molecule has 1 atom stereocenters. The van der Waals surface area contributed by atoms with Gasteiger partial charge in [-0.25, -0.2) is 9.78 Å². The van der Waals surface area contributed by atoms with Crippen molar-refractivity contribution in [3.63, 3.8) is 0 Å². The number of hydrogen-bond donors (Lipinski definition) is 1. The number of benzene rings is 1. The largest absolute Gasteiger partial charge is 0.450 e. The molecule has 0 unspecified atom stereocenters. The molecule has 0 saturated heterocycles. The molecule has 0 amide bonds. The summed E-state index contributed by atoms with van der Waals surface area (Å²) in [5.41, 5.74) is 1.56. The van der Waals surface area contributed by atoms with Gasteiger partial charge in [-0.05, 0) is 25.1 Å². The number of pyridine rings is 1. The predicted molar refractivity (Wildman–Crippen MR) is 81.7 cm³/mol. The topological polar surface area (TPSA) is 72.0 Å². The van der Waals surface area contributed by atoms with E-state index >= 15 is 0 Å². The number of H-pyrrole nitrogens is 1. The zero-order valence-electron chi connectivity index (χ0n) is 11.9. The molecular weight excluding hydrogens is 280 g/mol. The highest BCUT2D eigenvalue weighted by atomic mass is 16.5. The third kappa shape index (κ3) is 2.61. The Morgan fingerprint density at radius 2 is 1.91 bits per heavy atom. The first-order chi connectivity index (χ1) is 10.7. The Hall–Kier alpha value is -2.95. The van der Waals surface area contributed by atoms with Gasteiger partial charge >= 0.3 is 5.97 Å². The normalized spacial score (nSPS) is 12.0. The molecule has 0 aliphatic rings. The van der Waals surface area contributed by atoms with Crippen LogP contribution >= 0.6 is 0 Å². The summed E-state index contributed by atoms with van der Waals surface area (Å²) in [6.45, 7) is 1.56. The van der Waals surface area contributed by atoms with Gasteiger partial charge < -0.3 is 9.72 Å². The standard InChI is InChI=1S/C17H14N2O3/c1-11(22-17(21)15-8-4-5-9-18-15)16(20)13-10-19-14-7-3-2-6-12(13)14/h2-11,19H,1H3/t11-/m0/s1. The number of carbonyl (C=O) groups excluding carboxylic acids is 2. The van der Waals surface area contributed by atoms with Crippen molar-refractivity contribution >= 4 is 22.7 Å². The number of Topliss-reactive ketones (excluding diaryl/α,β-unsaturated/α-hetero) is 1. The minimum atomic E-state index is -0.881. The Labute approximate surface area is 126 Å². The molecule has 2 heterocycles. The van der Waals surface area contributed by atoms with Crippen LogP contribution in [-0.2, 0) is 4.74 Å². The number of carbonyl (C=O) groups is 2. The first-order valence-electron chi connectivity index (χ1n) is 6.89. The Kier molecular flexibility index (Phi) is 3.70. The first kappa shape index (κ1) is 14.0. The van der Waals surface area contributed by atoms with E-state index in [-0.39, 0.29) is 11.5 Å². The minimum Gasteiger partial charge on any atom is -0.450 e. The van der Waals surface area contributed by atoms with Gasteiger partial charge in [0.2, 0.25) is 5.78 Å². The van der Waals surface area contributed by atoms with Crippen molar-refractivity contribution in [2.75, 3.05) is 0 Å². The quantitative estimate of drug-likeness (QED) is 0.593. The number of esters is 1. The molecule has 1 N–H and O–H groups in total. The van der Waals surface area contributed by atoms with Crippen molar-refractivity contribution in [3.8, 4) is 0 Å². The number of para-hydroxylation sites is 1. The molecule has 0 fully saturated rings. The zero-order chi connectivity index (χ0) is 15.5. The second-order valence-corrected chi connectivity index (χ2v) is 4.87. The van der Waals surface area contributed by atoms with Crippen LogP contribution in [0, 0.1) is 0 Å². The van der Waals surface area contributed by atoms with Gasteiger partial charge in [0.1, 0.15) is 5.69 Å². The number of rotatable bonds is 4. The van der Waals surface area contributed by atoms with E-state index < -0.39 is 12.1 Å². The summed E-state index contributed by atoms with van der Waals surface area (Å²) in [7, 11) is 0. The average Bonchev–Trinajstić information content (AvgIpc) is 2.99. The highest BCUT2D eigenvalue weighted by Gasteiger charge is 2.23. The van der Waals surface area contributed by atoms with Crippen LogP contribution in [-0.4, -0.2) is 27.8 Å². The van der Waals surface area contributed by atoms with Gasteiger partial charge in [-0.1, -0.05) is 24.3 Å². The number of ketones is 1. The molecule has 110 valence electrons. The number of aromatic amines is 1. The van der Waals surface area contributed by atoms with Gasteiger partial charge in [-0.3, -0.25) is 4.79 Å². The van der Waals surface area contributed by atoms with Crippen LogP contribution in [0.25, 0.3) is 10.9 Å². The lowest BCUT2D eigenvalue weighted by molar-refractivity contribution is 0.0313. The van der Waals surface area contributed by atoms with Gasteiger partial charge in [-0.15, -0.1) is 0 Å². The number of nitrogens with one attached hydrogen (secondary N) is 1. The molecule has 0 radical (unpaired) electrons. The van der Waals surface area contributed by atoms with Crippen LogP contribution in [0.2, 0.25) is 0 Å². The Morgan fingerprint density at radius 3 is 2.68 bits per heavy atom. The third-order valence-electron chi connectivity index (χ3n) is 3.38. The number of ether oxygens (including phenoxy) is 1. The molecule has 0 spiro atoms. The van der Waals surface area contributed by atoms with Crippen LogP contribution in [0.5, 0.6) is 0 Å². The lowest BCUT2D eigenvalue weighted by Crippen LogP contribution is -2.24. The predicted octanol–water partition coefficient (Wildman–Crippen LogP) is 2.99. The van der Waals surface area contributed by atoms with Gasteiger partial charge in [0.25, 0.3) is 0 Å². The molecular formula is C17H14N2O3. The molecule has 3 rings (SSSR count). The molecule has 0 saturated carbocycles. The number of aromatic nitrogens is 2. The SMILES string of the molecule is C[C@H](OC(=O)c1ccccn1)C(=O)c1c[nH]c2ccccc12. The van der Waals surface area contributed by atoms with E-state index in [2.05, 4.69) is 9.97 Å². The van der Waals surface area contributed by atoms with Crippen LogP contribution < -0.4 is 0 Å². The monoisotopic (exact) mass is 294 g/mol. The summed E-state index contributed by atoms with van der Waals surface area (Å²) >= 11 is 0. The average molecular weight is 294 g/mol. The molecule has 0 aliphatic carbocycles. The fourth-order valence-corrected chi connectivity index (χ4v) is 2.25. The van der Waals surface area contributed by atoms with E-state index in [1.54, 1.807) is 31.3 Å². The van der Waals surface area contributed by atoms with Crippen molar-refractivity contribution in [3.05, 3.63) is 66.1 Å². The van der Waals surface area contributed by atoms with Crippen molar-refractivity contribution in [1.82, 2.24) is 9.97 Å². The molecule has 3 aromatic rings. The van der Waals surface area contributed by atoms with Gasteiger partial charge in [0.15, 0.2) is 6.10 Å². The fraction of sp³-hybridized carbons (Fsp3) is 0.118. The Bertz CT molecular complexity index is 824. The third-order valence-corrected chi connectivity index (χ3v) is 3.38. The summed E-state index contributed by atoms with van der Waals surface area (Å²) < 4.78 is 5.21. The maximum absolute atomic E-state index is 12.5. The summed E-state index contributed by atoms with van der Waals surface area (Å²) in [6, 6.07) is 12.4. The van der Waals surface area contributed by atoms with Crippen molar-refractivity contribution in [2.45, 2.75) is 13.0 Å². The van der Waals surface area contributed by atoms with Crippen LogP contribution in [0.1, 0.15) is 27.8 Å². The molecule has 2 aromatic heterocycles. The summed E-state index contributed by atoms with van der Waals surface area (Å²) in [5.74, 6) is -0.858. The van der Waals surface area contributed by atoms with E-state index in [0.29, 0.717) is 5.56 Å². The smallest absolute Gasteiger partial charge is 0.357 e. The van der Waals surface area contributed by atoms with Crippen LogP contribution in [0.15, 0.2) is 54.9 Å². The summed E-state index contributed by atoms with van der Waals surface area (Å²) in [4.78, 5) is 31.4. The fourth-order valence-electron chi connectivity index (χ4n) is 2.25. The Morgan fingerprint density at radius 1 is 1.14 bits per heavy atom. The lowest BCUT2D eigenvalue weighted by Gasteiger charge is -2.11. The maximum atomic E-state index is 12.5. The van der Waals surface area contributed by atoms with E-state index in [1.165, 1.54) is 6.20 Å². The zero-order valence-corrected chi connectivity index (χ0v) is 11.9. The second-order valence-electron chi connectivity index (χ2n) is 4.87. The van der Waals surface area contributed by atoms with Gasteiger partial charge in [-0.2, -0.15) is 0 Å². The van der Waals surface area contributed by atoms with E-state index in [1.807, 2.05) is 24.3 Å². The second kappa shape index (κ2) is 5.81. The highest BCUT2D eigenvalue weighted by Crippen LogP contribution is 2.20. The van der Waals surface area contributed by atoms with Crippen molar-refractivity contribution in [1.29, 1.82) is 0 Å². The molecule has 1 aromatic carbocycles. The van der Waals surface area contributed by atoms with Crippen LogP contribution in [0.3, 0.4) is 0 Å². The van der Waals surface area contributed by atoms with E-state index in [0.717, 1.165) is 10.9 Å². The molecule has 0 bridgehead atoms. The first-order valence-corrected chi connectivity index (χ1v) is 6.89. The van der Waals surface area contributed by atoms with Crippen LogP contribution in [0.4, 0.5) is 0 Å². The molecule has 5 nitrogen and oxygen atoms in total. The summed E-state index contributed by atoms with van der Waals surface area (Å²) in [6.07, 6.45) is 2.26. The van der Waals surface area contributed by atoms with Crippen molar-refractivity contribution < 1.29 is 14.3 Å². The van der Waals surface area contributed by atoms with E-state index in [4.69, 9.17) is 4.74 Å². The Balaban J connectivity index is 1.79. The summed E-state index contributed by atoms with van der Waals surface area (Å²) in [5, 5.41) is 0.813. The van der Waals surface area contributed by atoms with E-state index in [9.17, 15) is 9.59 Å². The molecule has 0 aliphatic heterocycles. The highest BCUT2D eigenvalue weighted by molar-refractivity contribution is 6.10. The minimum absolute atomic E-state index is 0.182. The molecule has 22 heavy (non-hydrogen) atoms. The number of fused-ring (bicyclic) bond motifs is 1. The lowest BCUT2D eigenvalue weighted by atomic mass is 10.1. The van der Waals surface area contributed by atoms with Gasteiger partial charge in [0.05, 0.1) is 0 Å². The maximum Gasteiger partial charge on any atom is 0.357 e. The number of hydrogen-bond acceptors (Lipinski definition) is 4.